The van der Waals surface area contributed by atoms with Gasteiger partial charge in [0.25, 0.3) is 11.4 Å². The van der Waals surface area contributed by atoms with E-state index in [-0.39, 0.29) is 10.2 Å². The first kappa shape index (κ1) is 30.4. The van der Waals surface area contributed by atoms with Crippen molar-refractivity contribution in [2.75, 3.05) is 20.3 Å². The number of nitrogens with zero attached hydrogens (tertiary/aromatic N) is 3. The highest BCUT2D eigenvalue weighted by Crippen LogP contribution is 2.56. The molecule has 3 aliphatic rings. The molecule has 3 aliphatic heterocycles. The van der Waals surface area contributed by atoms with Crippen LogP contribution in [0.4, 0.5) is 11.5 Å². The number of rotatable bonds is 9. The predicted molar refractivity (Wildman–Crippen MR) is 171 cm³/mol. The van der Waals surface area contributed by atoms with Crippen LogP contribution in [0, 0.1) is 0 Å². The van der Waals surface area contributed by atoms with Crippen LogP contribution in [0.3, 0.4) is 0 Å². The first-order valence-corrected chi connectivity index (χ1v) is 15.5. The van der Waals surface area contributed by atoms with E-state index in [1.807, 2.05) is 84.9 Å². The van der Waals surface area contributed by atoms with Gasteiger partial charge in [0.15, 0.2) is 17.9 Å². The molecule has 3 N–H and O–H groups in total. The Morgan fingerprint density at radius 2 is 1.65 bits per heavy atom. The summed E-state index contributed by atoms with van der Waals surface area (Å²) >= 11 is 0. The molecule has 11 heteroatoms. The van der Waals surface area contributed by atoms with Gasteiger partial charge in [0.1, 0.15) is 24.3 Å². The van der Waals surface area contributed by atoms with Crippen LogP contribution in [-0.4, -0.2) is 77.7 Å². The number of aromatic nitrogens is 2. The van der Waals surface area contributed by atoms with Gasteiger partial charge in [-0.25, -0.2) is 0 Å². The van der Waals surface area contributed by atoms with Crippen LogP contribution < -0.4 is 14.8 Å². The lowest BCUT2D eigenvalue weighted by Crippen LogP contribution is -2.71. The van der Waals surface area contributed by atoms with Crippen molar-refractivity contribution in [1.82, 2.24) is 14.5 Å². The van der Waals surface area contributed by atoms with Crippen molar-refractivity contribution < 1.29 is 29.2 Å². The molecular weight excluding hydrogens is 588 g/mol. The third kappa shape index (κ3) is 4.70. The molecule has 1 aromatic heterocycles. The summed E-state index contributed by atoms with van der Waals surface area (Å²) in [6.07, 6.45) is 0.621. The monoisotopic (exact) mass is 625 g/mol. The maximum absolute atomic E-state index is 13.4. The SMILES string of the molecule is COc1ccc(C(c2ccccc2)(c2ccccc2)[N+]2([C@@H]3O[C@H](CO)[C@@H](O)[C@H]3OC3CCCCO3)C=Nc3c2nc[nH]c3=O)cc1. The number of fused-ring (bicyclic) bond motifs is 1. The van der Waals surface area contributed by atoms with Crippen molar-refractivity contribution in [3.63, 3.8) is 0 Å². The summed E-state index contributed by atoms with van der Waals surface area (Å²) in [4.78, 5) is 25.6. The smallest absolute Gasteiger partial charge is 0.283 e. The number of methoxy groups -OCH3 is 1. The van der Waals surface area contributed by atoms with Crippen molar-refractivity contribution in [3.8, 4) is 5.75 Å². The Morgan fingerprint density at radius 3 is 2.26 bits per heavy atom. The van der Waals surface area contributed by atoms with E-state index in [1.165, 1.54) is 6.33 Å². The second-order valence-electron chi connectivity index (χ2n) is 11.7. The van der Waals surface area contributed by atoms with E-state index in [9.17, 15) is 15.0 Å². The third-order valence-corrected chi connectivity index (χ3v) is 9.32. The molecular formula is C35H37N4O7+. The minimum absolute atomic E-state index is 0.116. The second-order valence-corrected chi connectivity index (χ2v) is 11.7. The molecule has 7 rings (SSSR count). The minimum atomic E-state index is -1.23. The first-order chi connectivity index (χ1) is 22.5. The standard InChI is InChI=1S/C35H36N4O7/c1-43-26-17-15-25(16-18-26)35(23-10-4-2-5-11-23,24-12-6-3-7-13-24)39(22-38-29-32(39)36-21-37-33(29)42)34-31(30(41)27(20-40)45-34)46-28-14-8-9-19-44-28/h2-7,10-13,15-18,21-22,27-28,30-31,34,40-41H,8-9,14,19-20H2,1H3/p+1/t27-,28?,30-,31-,34-,39?/m1/s1. The van der Waals surface area contributed by atoms with Gasteiger partial charge in [-0.05, 0) is 43.5 Å². The third-order valence-electron chi connectivity index (χ3n) is 9.32. The quantitative estimate of drug-likeness (QED) is 0.189. The number of benzene rings is 3. The number of H-pyrrole nitrogens is 1. The van der Waals surface area contributed by atoms with Gasteiger partial charge in [-0.1, -0.05) is 60.7 Å². The van der Waals surface area contributed by atoms with Gasteiger partial charge in [0, 0.05) is 23.3 Å². The van der Waals surface area contributed by atoms with Gasteiger partial charge in [-0.2, -0.15) is 14.5 Å². The maximum Gasteiger partial charge on any atom is 0.283 e. The fraction of sp³-hybridized carbons (Fsp3) is 0.343. The van der Waals surface area contributed by atoms with Crippen LogP contribution in [0.15, 0.2) is 101 Å². The fourth-order valence-electron chi connectivity index (χ4n) is 7.27. The maximum atomic E-state index is 13.4. The van der Waals surface area contributed by atoms with E-state index >= 15 is 0 Å². The van der Waals surface area contributed by atoms with Gasteiger partial charge >= 0.3 is 0 Å². The molecule has 2 saturated heterocycles. The summed E-state index contributed by atoms with van der Waals surface area (Å²) in [6, 6.07) is 27.5. The number of ether oxygens (including phenoxy) is 4. The summed E-state index contributed by atoms with van der Waals surface area (Å²) in [6.45, 7) is 0.0789. The predicted octanol–water partition coefficient (Wildman–Crippen LogP) is 3.74. The fourth-order valence-corrected chi connectivity index (χ4v) is 7.27. The molecule has 6 atom stereocenters. The summed E-state index contributed by atoms with van der Waals surface area (Å²) in [5.41, 5.74) is 0.956. The summed E-state index contributed by atoms with van der Waals surface area (Å²) in [5.74, 6) is 0.972. The van der Waals surface area contributed by atoms with E-state index in [4.69, 9.17) is 28.9 Å². The number of nitrogens with one attached hydrogen (secondary N) is 1. The normalized spacial score (nSPS) is 27.4. The molecule has 2 unspecified atom stereocenters. The van der Waals surface area contributed by atoms with Crippen molar-refractivity contribution in [1.29, 1.82) is 0 Å². The zero-order valence-electron chi connectivity index (χ0n) is 25.4. The lowest BCUT2D eigenvalue weighted by Gasteiger charge is -2.51. The molecule has 46 heavy (non-hydrogen) atoms. The average Bonchev–Trinajstić information content (AvgIpc) is 3.66. The summed E-state index contributed by atoms with van der Waals surface area (Å²) in [7, 11) is 1.61. The van der Waals surface area contributed by atoms with Crippen LogP contribution in [-0.2, 0) is 19.7 Å². The Balaban J connectivity index is 1.59. The van der Waals surface area contributed by atoms with E-state index in [0.717, 1.165) is 29.5 Å². The highest BCUT2D eigenvalue weighted by molar-refractivity contribution is 5.90. The molecule has 3 aromatic carbocycles. The largest absolute Gasteiger partial charge is 0.497 e. The number of aliphatic hydroxyl groups excluding tert-OH is 2. The zero-order chi connectivity index (χ0) is 31.7. The number of aromatic amines is 1. The van der Waals surface area contributed by atoms with Crippen molar-refractivity contribution >= 4 is 17.8 Å². The van der Waals surface area contributed by atoms with Gasteiger partial charge in [-0.3, -0.25) is 4.79 Å². The van der Waals surface area contributed by atoms with Crippen LogP contribution in [0.1, 0.15) is 36.0 Å². The van der Waals surface area contributed by atoms with Gasteiger partial charge in [-0.15, -0.1) is 0 Å². The number of hydrogen-bond acceptors (Lipinski definition) is 9. The molecule has 238 valence electrons. The molecule has 0 aliphatic carbocycles. The van der Waals surface area contributed by atoms with Crippen LogP contribution in [0.2, 0.25) is 0 Å². The minimum Gasteiger partial charge on any atom is -0.497 e. The highest BCUT2D eigenvalue weighted by Gasteiger charge is 2.69. The van der Waals surface area contributed by atoms with Crippen molar-refractivity contribution in [2.45, 2.75) is 55.6 Å². The second kappa shape index (κ2) is 12.5. The Hall–Kier alpha value is -4.23. The Labute approximate surface area is 266 Å². The molecule has 11 nitrogen and oxygen atoms in total. The van der Waals surface area contributed by atoms with E-state index in [1.54, 1.807) is 13.4 Å². The average molecular weight is 626 g/mol. The Bertz CT molecular complexity index is 1690. The zero-order valence-corrected chi connectivity index (χ0v) is 25.4. The lowest BCUT2D eigenvalue weighted by atomic mass is 9.73. The first-order valence-electron chi connectivity index (χ1n) is 15.5. The molecule has 0 saturated carbocycles. The van der Waals surface area contributed by atoms with E-state index in [0.29, 0.717) is 24.6 Å². The molecule has 0 bridgehead atoms. The van der Waals surface area contributed by atoms with Crippen molar-refractivity contribution in [2.24, 2.45) is 4.99 Å². The summed E-state index contributed by atoms with van der Waals surface area (Å²) < 4.78 is 24.5. The Kier molecular flexibility index (Phi) is 8.28. The number of aliphatic hydroxyl groups is 2. The molecule has 0 radical (unpaired) electrons. The molecule has 4 aromatic rings. The van der Waals surface area contributed by atoms with E-state index < -0.39 is 48.5 Å². The van der Waals surface area contributed by atoms with E-state index in [2.05, 4.69) is 4.98 Å². The van der Waals surface area contributed by atoms with Crippen LogP contribution in [0.25, 0.3) is 0 Å². The number of aliphatic imine (C=N–C) groups is 1. The molecule has 4 heterocycles. The van der Waals surface area contributed by atoms with Crippen molar-refractivity contribution in [3.05, 3.63) is 118 Å². The molecule has 2 fully saturated rings. The van der Waals surface area contributed by atoms with Gasteiger partial charge < -0.3 is 34.1 Å². The number of quaternary nitrogens is 1. The van der Waals surface area contributed by atoms with Gasteiger partial charge in [0.2, 0.25) is 18.3 Å². The lowest BCUT2D eigenvalue weighted by molar-refractivity contribution is -0.219. The summed E-state index contributed by atoms with van der Waals surface area (Å²) in [5, 5.41) is 22.2. The molecule has 0 amide bonds. The molecule has 0 spiro atoms. The Morgan fingerprint density at radius 1 is 0.978 bits per heavy atom. The van der Waals surface area contributed by atoms with Crippen LogP contribution >= 0.6 is 0 Å². The number of hydrogen-bond donors (Lipinski definition) is 3. The topological polar surface area (TPSA) is 135 Å². The highest BCUT2D eigenvalue weighted by atomic mass is 16.7. The van der Waals surface area contributed by atoms with Gasteiger partial charge in [0.05, 0.1) is 13.7 Å². The van der Waals surface area contributed by atoms with Crippen LogP contribution in [0.5, 0.6) is 5.75 Å².